The standard InChI is InChI=1S/C67H124NO8P/c1-3-5-7-9-11-13-15-17-19-21-23-25-27-29-31-32-34-35-37-39-41-43-45-47-49-51-53-55-57-59-66(69)73-63-65(64-75-77(71,72)74-62-61-68)76-67(70)60-58-56-54-52-50-48-46-44-42-40-38-36-33-30-28-26-24-22-20-18-16-14-12-10-8-6-4-2/h6,8,12,14,18,20-21,23-24,26,65H,3-5,7,9-11,13,15-17,19,22,25,27-64,68H2,1-2H3,(H,71,72)/b8-6-,14-12-,20-18-,23-21-,26-24-. The van der Waals surface area contributed by atoms with Gasteiger partial charge in [-0.1, -0.05) is 293 Å². The van der Waals surface area contributed by atoms with Crippen molar-refractivity contribution in [3.63, 3.8) is 0 Å². The van der Waals surface area contributed by atoms with E-state index in [1.165, 1.54) is 225 Å². The smallest absolute Gasteiger partial charge is 0.462 e. The fourth-order valence-corrected chi connectivity index (χ4v) is 10.3. The quantitative estimate of drug-likeness (QED) is 0.0264. The van der Waals surface area contributed by atoms with E-state index in [-0.39, 0.29) is 38.6 Å². The Kier molecular flexibility index (Phi) is 61.0. The Hall–Kier alpha value is -2.29. The minimum absolute atomic E-state index is 0.0534. The van der Waals surface area contributed by atoms with Crippen LogP contribution in [0.25, 0.3) is 0 Å². The van der Waals surface area contributed by atoms with E-state index in [1.807, 2.05) is 0 Å². The summed E-state index contributed by atoms with van der Waals surface area (Å²) < 4.78 is 33.1. The van der Waals surface area contributed by atoms with Gasteiger partial charge in [0.25, 0.3) is 0 Å². The van der Waals surface area contributed by atoms with Gasteiger partial charge in [-0.25, -0.2) is 4.57 Å². The second kappa shape index (κ2) is 62.9. The number of rotatable bonds is 62. The summed E-state index contributed by atoms with van der Waals surface area (Å²) >= 11 is 0. The first-order valence-corrected chi connectivity index (χ1v) is 34.3. The molecule has 450 valence electrons. The highest BCUT2D eigenvalue weighted by molar-refractivity contribution is 7.47. The Morgan fingerprint density at radius 3 is 1.08 bits per heavy atom. The van der Waals surface area contributed by atoms with E-state index in [0.717, 1.165) is 64.2 Å². The van der Waals surface area contributed by atoms with Crippen LogP contribution in [0.2, 0.25) is 0 Å². The third-order valence-corrected chi connectivity index (χ3v) is 15.4. The number of hydrogen-bond acceptors (Lipinski definition) is 8. The van der Waals surface area contributed by atoms with E-state index in [1.54, 1.807) is 0 Å². The summed E-state index contributed by atoms with van der Waals surface area (Å²) in [5.41, 5.74) is 5.40. The Balaban J connectivity index is 3.88. The third kappa shape index (κ3) is 62.8. The Labute approximate surface area is 476 Å². The number of ether oxygens (including phenoxy) is 2. The molecular formula is C67H124NO8P. The van der Waals surface area contributed by atoms with Crippen LogP contribution in [0.4, 0.5) is 0 Å². The van der Waals surface area contributed by atoms with E-state index < -0.39 is 26.5 Å². The molecule has 0 saturated carbocycles. The van der Waals surface area contributed by atoms with Crippen molar-refractivity contribution in [1.29, 1.82) is 0 Å². The van der Waals surface area contributed by atoms with Crippen LogP contribution in [0.3, 0.4) is 0 Å². The van der Waals surface area contributed by atoms with Crippen molar-refractivity contribution in [2.24, 2.45) is 5.73 Å². The van der Waals surface area contributed by atoms with Crippen molar-refractivity contribution in [3.05, 3.63) is 60.8 Å². The lowest BCUT2D eigenvalue weighted by molar-refractivity contribution is -0.161. The van der Waals surface area contributed by atoms with Gasteiger partial charge in [-0.15, -0.1) is 0 Å². The molecule has 0 rings (SSSR count). The van der Waals surface area contributed by atoms with Gasteiger partial charge in [0.05, 0.1) is 13.2 Å². The van der Waals surface area contributed by atoms with Gasteiger partial charge in [-0.05, 0) is 77.0 Å². The average molecular weight is 1100 g/mol. The molecule has 10 heteroatoms. The van der Waals surface area contributed by atoms with Crippen molar-refractivity contribution in [3.8, 4) is 0 Å². The van der Waals surface area contributed by atoms with Gasteiger partial charge < -0.3 is 20.1 Å². The van der Waals surface area contributed by atoms with E-state index in [4.69, 9.17) is 24.3 Å². The van der Waals surface area contributed by atoms with E-state index in [9.17, 15) is 19.0 Å². The van der Waals surface area contributed by atoms with Crippen molar-refractivity contribution in [2.75, 3.05) is 26.4 Å². The minimum Gasteiger partial charge on any atom is -0.462 e. The van der Waals surface area contributed by atoms with Gasteiger partial charge in [0.15, 0.2) is 6.10 Å². The lowest BCUT2D eigenvalue weighted by atomic mass is 10.0. The number of phosphoric acid groups is 1. The molecule has 0 aliphatic carbocycles. The van der Waals surface area contributed by atoms with Crippen LogP contribution in [0.15, 0.2) is 60.8 Å². The molecule has 0 aromatic rings. The molecule has 0 amide bonds. The maximum absolute atomic E-state index is 12.7. The van der Waals surface area contributed by atoms with Gasteiger partial charge in [0.1, 0.15) is 6.61 Å². The normalized spacial score (nSPS) is 13.4. The molecule has 0 aromatic carbocycles. The fourth-order valence-electron chi connectivity index (χ4n) is 9.57. The summed E-state index contributed by atoms with van der Waals surface area (Å²) in [5, 5.41) is 0. The number of esters is 2. The molecule has 77 heavy (non-hydrogen) atoms. The molecule has 2 atom stereocenters. The summed E-state index contributed by atoms with van der Waals surface area (Å²) in [6.07, 6.45) is 80.1. The second-order valence-electron chi connectivity index (χ2n) is 22.0. The van der Waals surface area contributed by atoms with Gasteiger partial charge in [-0.3, -0.25) is 18.6 Å². The predicted molar refractivity (Wildman–Crippen MR) is 330 cm³/mol. The van der Waals surface area contributed by atoms with Crippen molar-refractivity contribution in [1.82, 2.24) is 0 Å². The zero-order valence-electron chi connectivity index (χ0n) is 50.4. The molecule has 0 bridgehead atoms. The van der Waals surface area contributed by atoms with Crippen LogP contribution in [0.5, 0.6) is 0 Å². The first-order valence-electron chi connectivity index (χ1n) is 32.8. The minimum atomic E-state index is -4.39. The van der Waals surface area contributed by atoms with Crippen LogP contribution in [0.1, 0.15) is 322 Å². The molecule has 3 N–H and O–H groups in total. The maximum atomic E-state index is 12.7. The number of unbranched alkanes of at least 4 members (excludes halogenated alkanes) is 39. The first kappa shape index (κ1) is 74.7. The molecule has 0 saturated heterocycles. The van der Waals surface area contributed by atoms with Crippen molar-refractivity contribution in [2.45, 2.75) is 328 Å². The molecule has 0 heterocycles. The number of phosphoric ester groups is 1. The molecule has 0 fully saturated rings. The molecule has 0 spiro atoms. The molecule has 0 aliphatic heterocycles. The van der Waals surface area contributed by atoms with Gasteiger partial charge in [0, 0.05) is 19.4 Å². The van der Waals surface area contributed by atoms with Crippen molar-refractivity contribution < 1.29 is 37.6 Å². The Bertz CT molecular complexity index is 1440. The largest absolute Gasteiger partial charge is 0.472 e. The lowest BCUT2D eigenvalue weighted by Crippen LogP contribution is -2.29. The van der Waals surface area contributed by atoms with Crippen LogP contribution < -0.4 is 5.73 Å². The summed E-state index contributed by atoms with van der Waals surface area (Å²) in [6.45, 7) is 3.68. The first-order chi connectivity index (χ1) is 37.8. The maximum Gasteiger partial charge on any atom is 0.472 e. The molecule has 0 aliphatic rings. The van der Waals surface area contributed by atoms with E-state index >= 15 is 0 Å². The number of carbonyl (C=O) groups excluding carboxylic acids is 2. The van der Waals surface area contributed by atoms with Crippen LogP contribution in [0, 0.1) is 0 Å². The average Bonchev–Trinajstić information content (AvgIpc) is 3.42. The summed E-state index contributed by atoms with van der Waals surface area (Å²) in [6, 6.07) is 0. The second-order valence-corrected chi connectivity index (χ2v) is 23.4. The highest BCUT2D eigenvalue weighted by atomic mass is 31.2. The summed E-state index contributed by atoms with van der Waals surface area (Å²) in [4.78, 5) is 35.3. The molecule has 9 nitrogen and oxygen atoms in total. The van der Waals surface area contributed by atoms with Gasteiger partial charge in [0.2, 0.25) is 0 Å². The number of allylic oxidation sites excluding steroid dienone is 10. The van der Waals surface area contributed by atoms with Gasteiger partial charge >= 0.3 is 19.8 Å². The van der Waals surface area contributed by atoms with E-state index in [0.29, 0.717) is 6.42 Å². The molecular weight excluding hydrogens is 978 g/mol. The van der Waals surface area contributed by atoms with Crippen LogP contribution in [-0.2, 0) is 32.7 Å². The highest BCUT2D eigenvalue weighted by Crippen LogP contribution is 2.43. The summed E-state index contributed by atoms with van der Waals surface area (Å²) in [5.74, 6) is -0.814. The monoisotopic (exact) mass is 1100 g/mol. The number of carbonyl (C=O) groups is 2. The molecule has 2 unspecified atom stereocenters. The SMILES string of the molecule is CC/C=C\C/C=C\C/C=C\C/C=C\CCCCCCCCCCCCCCCCC(=O)OC(COC(=O)CCCCCCCCCCCCCCCCCCC/C=C\CCCCCCCCCC)COP(=O)(O)OCCN. The van der Waals surface area contributed by atoms with E-state index in [2.05, 4.69) is 74.6 Å². The summed E-state index contributed by atoms with van der Waals surface area (Å²) in [7, 11) is -4.39. The number of nitrogens with two attached hydrogens (primary N) is 1. The van der Waals surface area contributed by atoms with Gasteiger partial charge in [-0.2, -0.15) is 0 Å². The lowest BCUT2D eigenvalue weighted by Gasteiger charge is -2.19. The Morgan fingerprint density at radius 1 is 0.403 bits per heavy atom. The highest BCUT2D eigenvalue weighted by Gasteiger charge is 2.26. The molecule has 0 aromatic heterocycles. The predicted octanol–water partition coefficient (Wildman–Crippen LogP) is 21.1. The van der Waals surface area contributed by atoms with Crippen LogP contribution >= 0.6 is 7.82 Å². The third-order valence-electron chi connectivity index (χ3n) is 14.4. The zero-order chi connectivity index (χ0) is 55.9. The Morgan fingerprint density at radius 2 is 0.714 bits per heavy atom. The molecule has 0 radical (unpaired) electrons. The van der Waals surface area contributed by atoms with Crippen molar-refractivity contribution >= 4 is 19.8 Å². The zero-order valence-corrected chi connectivity index (χ0v) is 51.3. The topological polar surface area (TPSA) is 134 Å². The number of hydrogen-bond donors (Lipinski definition) is 2. The van der Waals surface area contributed by atoms with Crippen LogP contribution in [-0.4, -0.2) is 49.3 Å². The fraction of sp³-hybridized carbons (Fsp3) is 0.821.